The molecular formula is C71H142O6. The molecule has 0 bridgehead atoms. The number of methoxy groups -OCH3 is 1. The maximum Gasteiger partial charge on any atom is 0.189 e. The first kappa shape index (κ1) is 74.8. The van der Waals surface area contributed by atoms with E-state index < -0.39 is 35.3 Å². The minimum atomic E-state index is -1.90. The molecule has 0 aromatic rings. The predicted octanol–water partition coefficient (Wildman–Crippen LogP) is 22.4. The summed E-state index contributed by atoms with van der Waals surface area (Å²) >= 11 is 0. The lowest BCUT2D eigenvalue weighted by atomic mass is 9.55. The molecule has 1 aliphatic rings. The Bertz CT molecular complexity index is 1200. The molecule has 0 saturated carbocycles. The molecular weight excluding hydrogens is 949 g/mol. The second kappa shape index (κ2) is 52.6. The largest absolute Gasteiger partial charge is 0.393 e. The molecule has 77 heavy (non-hydrogen) atoms. The highest BCUT2D eigenvalue weighted by molar-refractivity contribution is 5.24. The first-order chi connectivity index (χ1) is 37.7. The van der Waals surface area contributed by atoms with Crippen molar-refractivity contribution < 1.29 is 29.9 Å². The van der Waals surface area contributed by atoms with Crippen molar-refractivity contribution in [1.82, 2.24) is 0 Å². The van der Waals surface area contributed by atoms with Gasteiger partial charge in [-0.15, -0.1) is 0 Å². The van der Waals surface area contributed by atoms with E-state index in [1.807, 2.05) is 0 Å². The Morgan fingerprint density at radius 2 is 0.468 bits per heavy atom. The van der Waals surface area contributed by atoms with Crippen molar-refractivity contribution in [3.63, 3.8) is 0 Å². The quantitative estimate of drug-likeness (QED) is 0.0453. The van der Waals surface area contributed by atoms with Crippen molar-refractivity contribution in [2.24, 2.45) is 0 Å². The molecule has 0 spiro atoms. The first-order valence-electron chi connectivity index (χ1n) is 35.7. The lowest BCUT2D eigenvalue weighted by Crippen LogP contribution is -2.84. The third-order valence-corrected chi connectivity index (χ3v) is 19.0. The summed E-state index contributed by atoms with van der Waals surface area (Å²) < 4.78 is 13.1. The summed E-state index contributed by atoms with van der Waals surface area (Å²) in [6.07, 6.45) is 70.0. The number of hydrogen-bond acceptors (Lipinski definition) is 6. The van der Waals surface area contributed by atoms with Crippen LogP contribution in [0.25, 0.3) is 0 Å². The van der Waals surface area contributed by atoms with Gasteiger partial charge in [0.25, 0.3) is 0 Å². The van der Waals surface area contributed by atoms with Gasteiger partial charge in [-0.05, 0) is 25.7 Å². The van der Waals surface area contributed by atoms with Crippen LogP contribution in [-0.4, -0.2) is 62.8 Å². The third kappa shape index (κ3) is 33.6. The van der Waals surface area contributed by atoms with Crippen LogP contribution in [0.15, 0.2) is 0 Å². The van der Waals surface area contributed by atoms with Gasteiger partial charge in [-0.25, -0.2) is 0 Å². The fraction of sp³-hybridized carbons (Fsp3) is 1.00. The van der Waals surface area contributed by atoms with E-state index in [9.17, 15) is 20.4 Å². The van der Waals surface area contributed by atoms with Gasteiger partial charge < -0.3 is 29.9 Å². The van der Waals surface area contributed by atoms with E-state index in [1.165, 1.54) is 283 Å². The number of unbranched alkanes of at least 4 members (excludes halogenated alkanes) is 52. The molecule has 0 aliphatic carbocycles. The average Bonchev–Trinajstić information content (AvgIpc) is 3.60. The van der Waals surface area contributed by atoms with Crippen LogP contribution < -0.4 is 0 Å². The smallest absolute Gasteiger partial charge is 0.189 e. The van der Waals surface area contributed by atoms with E-state index >= 15 is 0 Å². The summed E-state index contributed by atoms with van der Waals surface area (Å²) in [6.45, 7) is 8.75. The molecule has 4 N–H and O–H groups in total. The van der Waals surface area contributed by atoms with Gasteiger partial charge in [-0.2, -0.15) is 0 Å². The Kier molecular flexibility index (Phi) is 51.0. The maximum absolute atomic E-state index is 13.7. The SMILES string of the molecule is CCCCCCCCCCCCCCCCC1(CO)O[C@H](OC)[C@](O)(CCCCCCCCCCCCCCCC)[C@@](O)(CCCCCCCCCCCCCCCC)[C@]1(O)CCCCCCCCCCCCCCCC. The zero-order valence-electron chi connectivity index (χ0n) is 53.3. The van der Waals surface area contributed by atoms with Gasteiger partial charge in [-0.3, -0.25) is 0 Å². The van der Waals surface area contributed by atoms with Gasteiger partial charge in [-0.1, -0.05) is 387 Å². The average molecular weight is 1090 g/mol. The number of rotatable bonds is 62. The van der Waals surface area contributed by atoms with Crippen LogP contribution in [0.1, 0.15) is 413 Å². The highest BCUT2D eigenvalue weighted by Crippen LogP contribution is 2.57. The molecule has 1 rings (SSSR count). The van der Waals surface area contributed by atoms with Crippen LogP contribution in [0.5, 0.6) is 0 Å². The Morgan fingerprint density at radius 1 is 0.273 bits per heavy atom. The van der Waals surface area contributed by atoms with E-state index in [4.69, 9.17) is 9.47 Å². The summed E-state index contributed by atoms with van der Waals surface area (Å²) in [5, 5.41) is 52.4. The van der Waals surface area contributed by atoms with Crippen molar-refractivity contribution >= 4 is 0 Å². The lowest BCUT2D eigenvalue weighted by Gasteiger charge is -2.65. The summed E-state index contributed by atoms with van der Waals surface area (Å²) in [7, 11) is 1.58. The van der Waals surface area contributed by atoms with Gasteiger partial charge in [0.1, 0.15) is 22.4 Å². The van der Waals surface area contributed by atoms with E-state index in [-0.39, 0.29) is 6.42 Å². The standard InChI is InChI=1S/C71H142O6/c1-6-10-14-18-22-26-30-34-38-42-46-50-54-58-62-68(66-72)70(74,64-60-56-52-48-44-40-36-32-28-24-20-16-12-8-3)71(75,65-61-57-53-49-45-41-37-33-29-25-21-17-13-9-4)69(73,67(76-5)77-68)63-59-55-51-47-43-39-35-31-27-23-19-15-11-7-2/h67,72-75H,6-66H2,1-5H3/t67-,68?,69+,70-,71-/m0/s1. The van der Waals surface area contributed by atoms with Crippen molar-refractivity contribution in [2.75, 3.05) is 13.7 Å². The van der Waals surface area contributed by atoms with Gasteiger partial charge in [0.15, 0.2) is 6.29 Å². The molecule has 1 heterocycles. The molecule has 0 amide bonds. The van der Waals surface area contributed by atoms with Crippen molar-refractivity contribution in [3.8, 4) is 0 Å². The van der Waals surface area contributed by atoms with Crippen LogP contribution in [0, 0.1) is 0 Å². The molecule has 462 valence electrons. The van der Waals surface area contributed by atoms with E-state index in [0.29, 0.717) is 25.7 Å². The normalized spacial score (nSPS) is 21.7. The molecule has 1 aliphatic heterocycles. The zero-order valence-corrected chi connectivity index (χ0v) is 53.3. The van der Waals surface area contributed by atoms with Crippen LogP contribution in [0.4, 0.5) is 0 Å². The van der Waals surface area contributed by atoms with Gasteiger partial charge in [0, 0.05) is 7.11 Å². The zero-order chi connectivity index (χ0) is 56.1. The Morgan fingerprint density at radius 3 is 0.688 bits per heavy atom. The van der Waals surface area contributed by atoms with E-state index in [1.54, 1.807) is 7.11 Å². The number of hydrogen-bond donors (Lipinski definition) is 4. The highest BCUT2D eigenvalue weighted by atomic mass is 16.7. The molecule has 0 radical (unpaired) electrons. The molecule has 6 heteroatoms. The van der Waals surface area contributed by atoms with Crippen LogP contribution in [-0.2, 0) is 9.47 Å². The topological polar surface area (TPSA) is 99.4 Å². The van der Waals surface area contributed by atoms with Gasteiger partial charge in [0.2, 0.25) is 0 Å². The van der Waals surface area contributed by atoms with Crippen LogP contribution in [0.2, 0.25) is 0 Å². The fourth-order valence-corrected chi connectivity index (χ4v) is 13.6. The molecule has 5 atom stereocenters. The van der Waals surface area contributed by atoms with Gasteiger partial charge >= 0.3 is 0 Å². The molecule has 6 nitrogen and oxygen atoms in total. The predicted molar refractivity (Wildman–Crippen MR) is 336 cm³/mol. The summed E-state index contributed by atoms with van der Waals surface area (Å²) in [5.74, 6) is 0. The number of ether oxygens (including phenoxy) is 2. The van der Waals surface area contributed by atoms with Crippen LogP contribution >= 0.6 is 0 Å². The fourth-order valence-electron chi connectivity index (χ4n) is 13.6. The molecule has 0 aromatic carbocycles. The van der Waals surface area contributed by atoms with Crippen molar-refractivity contribution in [1.29, 1.82) is 0 Å². The Hall–Kier alpha value is -0.240. The number of aliphatic hydroxyl groups is 4. The van der Waals surface area contributed by atoms with E-state index in [2.05, 4.69) is 27.7 Å². The third-order valence-electron chi connectivity index (χ3n) is 19.0. The molecule has 0 aromatic heterocycles. The molecule has 1 fully saturated rings. The summed E-state index contributed by atoms with van der Waals surface area (Å²) in [4.78, 5) is 0. The second-order valence-electron chi connectivity index (χ2n) is 25.9. The first-order valence-corrected chi connectivity index (χ1v) is 35.7. The van der Waals surface area contributed by atoms with E-state index in [0.717, 1.165) is 70.6 Å². The minimum absolute atomic E-state index is 0.277. The lowest BCUT2D eigenvalue weighted by molar-refractivity contribution is -0.434. The molecule has 1 unspecified atom stereocenters. The maximum atomic E-state index is 13.7. The Balaban J connectivity index is 3.14. The number of aliphatic hydroxyl groups excluding tert-OH is 1. The second-order valence-corrected chi connectivity index (χ2v) is 25.9. The highest BCUT2D eigenvalue weighted by Gasteiger charge is 2.75. The van der Waals surface area contributed by atoms with Crippen LogP contribution in [0.3, 0.4) is 0 Å². The van der Waals surface area contributed by atoms with Gasteiger partial charge in [0.05, 0.1) is 6.61 Å². The molecule has 1 saturated heterocycles. The Labute approximate surface area is 483 Å². The monoisotopic (exact) mass is 1090 g/mol. The van der Waals surface area contributed by atoms with Crippen molar-refractivity contribution in [3.05, 3.63) is 0 Å². The summed E-state index contributed by atoms with van der Waals surface area (Å²) in [5.41, 5.74) is -6.98. The van der Waals surface area contributed by atoms with Crippen molar-refractivity contribution in [2.45, 2.75) is 442 Å². The minimum Gasteiger partial charge on any atom is -0.393 e. The summed E-state index contributed by atoms with van der Waals surface area (Å²) in [6, 6.07) is 0.